The van der Waals surface area contributed by atoms with Crippen LogP contribution in [-0.4, -0.2) is 42.9 Å². The highest BCUT2D eigenvalue weighted by molar-refractivity contribution is 5.86. The number of carbonyl (C=O) groups excluding carboxylic acids is 2. The molecule has 1 aromatic rings. The molecule has 0 spiro atoms. The fraction of sp³-hybridized carbons (Fsp3) is 0.429. The summed E-state index contributed by atoms with van der Waals surface area (Å²) < 4.78 is 0. The molecule has 1 fully saturated rings. The first-order valence-electron chi connectivity index (χ1n) is 6.41. The Balaban J connectivity index is 2.00. The van der Waals surface area contributed by atoms with Crippen LogP contribution in [-0.2, 0) is 9.59 Å². The third-order valence-corrected chi connectivity index (χ3v) is 3.44. The Morgan fingerprint density at radius 3 is 2.68 bits per heavy atom. The maximum absolute atomic E-state index is 12.2. The highest BCUT2D eigenvalue weighted by Crippen LogP contribution is 2.16. The normalized spacial score (nSPS) is 20.4. The first kappa shape index (κ1) is 13.5. The van der Waals surface area contributed by atoms with Crippen molar-refractivity contribution in [2.45, 2.75) is 18.4 Å². The van der Waals surface area contributed by atoms with Crippen LogP contribution >= 0.6 is 0 Å². The summed E-state index contributed by atoms with van der Waals surface area (Å²) in [4.78, 5) is 25.3. The van der Waals surface area contributed by atoms with Gasteiger partial charge in [0.15, 0.2) is 0 Å². The van der Waals surface area contributed by atoms with E-state index in [2.05, 4.69) is 5.32 Å². The molecule has 2 rings (SSSR count). The summed E-state index contributed by atoms with van der Waals surface area (Å²) >= 11 is 0. The number of carbonyl (C=O) groups is 2. The van der Waals surface area contributed by atoms with Crippen molar-refractivity contribution in [2.75, 3.05) is 20.1 Å². The predicted molar refractivity (Wildman–Crippen MR) is 72.4 cm³/mol. The average Bonchev–Trinajstić information content (AvgIpc) is 2.70. The summed E-state index contributed by atoms with van der Waals surface area (Å²) in [6.07, 6.45) is 0.369. The van der Waals surface area contributed by atoms with Crippen molar-refractivity contribution < 1.29 is 9.59 Å². The van der Waals surface area contributed by atoms with Gasteiger partial charge in [0, 0.05) is 26.6 Å². The zero-order valence-electron chi connectivity index (χ0n) is 11.0. The summed E-state index contributed by atoms with van der Waals surface area (Å²) in [5.74, 6) is -0.404. The molecule has 1 saturated heterocycles. The number of benzene rings is 1. The SMILES string of the molecule is CN1CC(NC(=O)C(CN)c2ccccc2)CC1=O. The molecule has 0 aliphatic carbocycles. The largest absolute Gasteiger partial charge is 0.350 e. The van der Waals surface area contributed by atoms with Gasteiger partial charge in [-0.05, 0) is 5.56 Å². The second-order valence-corrected chi connectivity index (χ2v) is 4.88. The Morgan fingerprint density at radius 2 is 2.16 bits per heavy atom. The first-order chi connectivity index (χ1) is 9.11. The van der Waals surface area contributed by atoms with E-state index < -0.39 is 0 Å². The van der Waals surface area contributed by atoms with E-state index >= 15 is 0 Å². The van der Waals surface area contributed by atoms with Crippen molar-refractivity contribution in [3.05, 3.63) is 35.9 Å². The third-order valence-electron chi connectivity index (χ3n) is 3.44. The van der Waals surface area contributed by atoms with Gasteiger partial charge in [-0.3, -0.25) is 9.59 Å². The molecule has 0 saturated carbocycles. The maximum atomic E-state index is 12.2. The predicted octanol–water partition coefficient (Wildman–Crippen LogP) is 0.0758. The van der Waals surface area contributed by atoms with E-state index in [-0.39, 0.29) is 30.3 Å². The minimum absolute atomic E-state index is 0.0642. The maximum Gasteiger partial charge on any atom is 0.229 e. The average molecular weight is 261 g/mol. The highest BCUT2D eigenvalue weighted by Gasteiger charge is 2.30. The summed E-state index contributed by atoms with van der Waals surface area (Å²) in [6.45, 7) is 0.822. The zero-order chi connectivity index (χ0) is 13.8. The van der Waals surface area contributed by atoms with E-state index in [0.717, 1.165) is 5.56 Å². The summed E-state index contributed by atoms with van der Waals surface area (Å²) in [7, 11) is 1.74. The smallest absolute Gasteiger partial charge is 0.229 e. The van der Waals surface area contributed by atoms with Crippen molar-refractivity contribution >= 4 is 11.8 Å². The second kappa shape index (κ2) is 5.84. The minimum atomic E-state index is -0.359. The van der Waals surface area contributed by atoms with E-state index in [1.165, 1.54) is 0 Å². The molecule has 5 nitrogen and oxygen atoms in total. The molecule has 1 aliphatic rings. The van der Waals surface area contributed by atoms with Gasteiger partial charge in [0.2, 0.25) is 11.8 Å². The molecular formula is C14H19N3O2. The number of hydrogen-bond donors (Lipinski definition) is 2. The van der Waals surface area contributed by atoms with Crippen LogP contribution in [0.5, 0.6) is 0 Å². The number of hydrogen-bond acceptors (Lipinski definition) is 3. The fourth-order valence-corrected chi connectivity index (χ4v) is 2.34. The molecule has 2 atom stereocenters. The molecule has 0 radical (unpaired) electrons. The molecule has 3 N–H and O–H groups in total. The van der Waals surface area contributed by atoms with Crippen molar-refractivity contribution in [2.24, 2.45) is 5.73 Å². The molecular weight excluding hydrogens is 242 g/mol. The van der Waals surface area contributed by atoms with E-state index in [9.17, 15) is 9.59 Å². The van der Waals surface area contributed by atoms with Crippen LogP contribution in [0.3, 0.4) is 0 Å². The number of nitrogens with one attached hydrogen (secondary N) is 1. The van der Waals surface area contributed by atoms with Gasteiger partial charge in [0.25, 0.3) is 0 Å². The lowest BCUT2D eigenvalue weighted by Crippen LogP contribution is -2.41. The highest BCUT2D eigenvalue weighted by atomic mass is 16.2. The van der Waals surface area contributed by atoms with Crippen LogP contribution in [0.2, 0.25) is 0 Å². The van der Waals surface area contributed by atoms with E-state index in [4.69, 9.17) is 5.73 Å². The van der Waals surface area contributed by atoms with Gasteiger partial charge < -0.3 is 16.0 Å². The standard InChI is InChI=1S/C14H19N3O2/c1-17-9-11(7-13(17)18)16-14(19)12(8-15)10-5-3-2-4-6-10/h2-6,11-12H,7-9,15H2,1H3,(H,16,19). The van der Waals surface area contributed by atoms with E-state index in [1.807, 2.05) is 30.3 Å². The second-order valence-electron chi connectivity index (χ2n) is 4.88. The molecule has 19 heavy (non-hydrogen) atoms. The Labute approximate surface area is 112 Å². The number of likely N-dealkylation sites (tertiary alicyclic amines) is 1. The molecule has 1 heterocycles. The monoisotopic (exact) mass is 261 g/mol. The van der Waals surface area contributed by atoms with Crippen LogP contribution in [0.1, 0.15) is 17.9 Å². The zero-order valence-corrected chi connectivity index (χ0v) is 11.0. The third kappa shape index (κ3) is 3.12. The van der Waals surface area contributed by atoms with Gasteiger partial charge in [-0.1, -0.05) is 30.3 Å². The lowest BCUT2D eigenvalue weighted by Gasteiger charge is -2.18. The molecule has 2 unspecified atom stereocenters. The van der Waals surface area contributed by atoms with Crippen LogP contribution in [0.15, 0.2) is 30.3 Å². The molecule has 1 aliphatic heterocycles. The van der Waals surface area contributed by atoms with Gasteiger partial charge in [0.1, 0.15) is 0 Å². The Morgan fingerprint density at radius 1 is 1.47 bits per heavy atom. The van der Waals surface area contributed by atoms with Gasteiger partial charge in [0.05, 0.1) is 12.0 Å². The van der Waals surface area contributed by atoms with Crippen LogP contribution in [0.25, 0.3) is 0 Å². The lowest BCUT2D eigenvalue weighted by atomic mass is 9.98. The summed E-state index contributed by atoms with van der Waals surface area (Å²) in [5, 5.41) is 2.91. The Kier molecular flexibility index (Phi) is 4.16. The Bertz CT molecular complexity index is 461. The first-order valence-corrected chi connectivity index (χ1v) is 6.41. The van der Waals surface area contributed by atoms with E-state index in [0.29, 0.717) is 13.0 Å². The van der Waals surface area contributed by atoms with Gasteiger partial charge in [-0.15, -0.1) is 0 Å². The van der Waals surface area contributed by atoms with Crippen LogP contribution in [0, 0.1) is 0 Å². The molecule has 0 aromatic heterocycles. The number of amides is 2. The summed E-state index contributed by atoms with van der Waals surface area (Å²) in [6, 6.07) is 9.35. The lowest BCUT2D eigenvalue weighted by molar-refractivity contribution is -0.126. The van der Waals surface area contributed by atoms with Gasteiger partial charge in [-0.25, -0.2) is 0 Å². The minimum Gasteiger partial charge on any atom is -0.350 e. The van der Waals surface area contributed by atoms with Crippen molar-refractivity contribution in [3.63, 3.8) is 0 Å². The number of likely N-dealkylation sites (N-methyl/N-ethyl adjacent to an activating group) is 1. The number of rotatable bonds is 4. The Hall–Kier alpha value is -1.88. The topological polar surface area (TPSA) is 75.4 Å². The molecule has 2 amide bonds. The van der Waals surface area contributed by atoms with Crippen LogP contribution in [0.4, 0.5) is 0 Å². The molecule has 5 heteroatoms. The van der Waals surface area contributed by atoms with Crippen molar-refractivity contribution in [1.82, 2.24) is 10.2 Å². The molecule has 1 aromatic carbocycles. The van der Waals surface area contributed by atoms with Crippen molar-refractivity contribution in [1.29, 1.82) is 0 Å². The van der Waals surface area contributed by atoms with Crippen LogP contribution < -0.4 is 11.1 Å². The van der Waals surface area contributed by atoms with E-state index in [1.54, 1.807) is 11.9 Å². The fourth-order valence-electron chi connectivity index (χ4n) is 2.34. The quantitative estimate of drug-likeness (QED) is 0.805. The summed E-state index contributed by atoms with van der Waals surface area (Å²) in [5.41, 5.74) is 6.60. The van der Waals surface area contributed by atoms with Crippen molar-refractivity contribution in [3.8, 4) is 0 Å². The van der Waals surface area contributed by atoms with Gasteiger partial charge >= 0.3 is 0 Å². The molecule has 0 bridgehead atoms. The molecule has 102 valence electrons. The number of nitrogens with zero attached hydrogens (tertiary/aromatic N) is 1. The number of nitrogens with two attached hydrogens (primary N) is 1. The van der Waals surface area contributed by atoms with Gasteiger partial charge in [-0.2, -0.15) is 0 Å².